The number of benzene rings is 3. The second kappa shape index (κ2) is 9.61. The highest BCUT2D eigenvalue weighted by molar-refractivity contribution is 7.92. The fraction of sp³-hybridized carbons (Fsp3) is 0.130. The number of carbonyl (C=O) groups excluding carboxylic acids is 2. The van der Waals surface area contributed by atoms with Gasteiger partial charge < -0.3 is 10.1 Å². The molecule has 1 amide bonds. The van der Waals surface area contributed by atoms with Crippen LogP contribution in [0.15, 0.2) is 77.7 Å². The molecule has 166 valence electrons. The number of aryl methyl sites for hydroxylation is 1. The highest BCUT2D eigenvalue weighted by Crippen LogP contribution is 2.25. The highest BCUT2D eigenvalue weighted by atomic mass is 32.2. The minimum absolute atomic E-state index is 0.131. The maximum Gasteiger partial charge on any atom is 0.339 e. The van der Waals surface area contributed by atoms with Gasteiger partial charge in [-0.2, -0.15) is 0 Å². The van der Waals surface area contributed by atoms with Gasteiger partial charge in [0.15, 0.2) is 0 Å². The molecular formula is C23H21FN2O5S. The maximum absolute atomic E-state index is 13.3. The van der Waals surface area contributed by atoms with Gasteiger partial charge >= 0.3 is 5.97 Å². The number of anilines is 2. The van der Waals surface area contributed by atoms with Gasteiger partial charge in [0.2, 0.25) is 5.91 Å². The number of carbonyl (C=O) groups is 2. The first-order chi connectivity index (χ1) is 15.2. The fourth-order valence-electron chi connectivity index (χ4n) is 2.96. The molecule has 0 aromatic heterocycles. The zero-order valence-electron chi connectivity index (χ0n) is 17.4. The first-order valence-corrected chi connectivity index (χ1v) is 11.0. The molecule has 0 aliphatic carbocycles. The molecule has 0 saturated heterocycles. The molecule has 0 heterocycles. The molecule has 1 N–H and O–H groups in total. The summed E-state index contributed by atoms with van der Waals surface area (Å²) in [4.78, 5) is 24.6. The summed E-state index contributed by atoms with van der Waals surface area (Å²) in [5, 5.41) is 2.56. The second-order valence-electron chi connectivity index (χ2n) is 6.89. The van der Waals surface area contributed by atoms with Crippen LogP contribution in [0, 0.1) is 12.7 Å². The molecule has 3 rings (SSSR count). The largest absolute Gasteiger partial charge is 0.465 e. The Bertz CT molecular complexity index is 1230. The van der Waals surface area contributed by atoms with Crippen molar-refractivity contribution in [3.05, 3.63) is 89.7 Å². The molecule has 32 heavy (non-hydrogen) atoms. The number of nitrogens with zero attached hydrogens (tertiary/aromatic N) is 1. The van der Waals surface area contributed by atoms with Gasteiger partial charge in [0.25, 0.3) is 10.0 Å². The molecule has 0 aliphatic heterocycles. The van der Waals surface area contributed by atoms with Gasteiger partial charge in [-0.3, -0.25) is 9.10 Å². The Kier molecular flexibility index (Phi) is 6.89. The fourth-order valence-corrected chi connectivity index (χ4v) is 4.38. The van der Waals surface area contributed by atoms with E-state index in [4.69, 9.17) is 4.74 Å². The van der Waals surface area contributed by atoms with E-state index in [0.29, 0.717) is 0 Å². The van der Waals surface area contributed by atoms with E-state index in [-0.39, 0.29) is 21.8 Å². The van der Waals surface area contributed by atoms with Crippen LogP contribution in [-0.4, -0.2) is 33.9 Å². The number of halogens is 1. The van der Waals surface area contributed by atoms with Gasteiger partial charge in [-0.05, 0) is 55.5 Å². The van der Waals surface area contributed by atoms with E-state index < -0.39 is 34.3 Å². The van der Waals surface area contributed by atoms with Crippen LogP contribution in [0.2, 0.25) is 0 Å². The molecule has 0 saturated carbocycles. The van der Waals surface area contributed by atoms with Crippen molar-refractivity contribution < 1.29 is 27.1 Å². The molecule has 7 nitrogen and oxygen atoms in total. The molecule has 0 spiro atoms. The van der Waals surface area contributed by atoms with Crippen LogP contribution in [0.25, 0.3) is 0 Å². The zero-order chi connectivity index (χ0) is 23.3. The Morgan fingerprint density at radius 1 is 0.969 bits per heavy atom. The summed E-state index contributed by atoms with van der Waals surface area (Å²) in [6, 6.07) is 17.1. The number of rotatable bonds is 7. The van der Waals surface area contributed by atoms with Gasteiger partial charge in [-0.25, -0.2) is 17.6 Å². The number of sulfonamides is 1. The topological polar surface area (TPSA) is 92.8 Å². The number of para-hydroxylation sites is 1. The molecule has 3 aromatic carbocycles. The van der Waals surface area contributed by atoms with Crippen molar-refractivity contribution in [1.82, 2.24) is 0 Å². The van der Waals surface area contributed by atoms with E-state index in [1.807, 2.05) is 6.92 Å². The number of methoxy groups -OCH3 is 1. The molecular weight excluding hydrogens is 435 g/mol. The zero-order valence-corrected chi connectivity index (χ0v) is 18.2. The quantitative estimate of drug-likeness (QED) is 0.547. The van der Waals surface area contributed by atoms with Crippen LogP contribution < -0.4 is 9.62 Å². The lowest BCUT2D eigenvalue weighted by atomic mass is 10.2. The van der Waals surface area contributed by atoms with Crippen LogP contribution in [-0.2, 0) is 19.6 Å². The normalized spacial score (nSPS) is 11.0. The van der Waals surface area contributed by atoms with Crippen LogP contribution in [0.5, 0.6) is 0 Å². The first kappa shape index (κ1) is 23.0. The maximum atomic E-state index is 13.3. The van der Waals surface area contributed by atoms with Crippen LogP contribution in [0.1, 0.15) is 15.9 Å². The standard InChI is InChI=1S/C23H21FN2O5S/c1-16-7-11-18(12-8-16)26(32(29,30)19-13-9-17(24)10-14-19)15-22(27)25-21-6-4-3-5-20(21)23(28)31-2/h3-14H,15H2,1-2H3,(H,25,27). The summed E-state index contributed by atoms with van der Waals surface area (Å²) < 4.78 is 45.5. The average Bonchev–Trinajstić information content (AvgIpc) is 2.78. The molecule has 9 heteroatoms. The summed E-state index contributed by atoms with van der Waals surface area (Å²) in [6.07, 6.45) is 0. The summed E-state index contributed by atoms with van der Waals surface area (Å²) in [6.45, 7) is 1.28. The number of esters is 1. The summed E-state index contributed by atoms with van der Waals surface area (Å²) in [5.74, 6) is -1.90. The minimum Gasteiger partial charge on any atom is -0.465 e. The van der Waals surface area contributed by atoms with Gasteiger partial charge in [-0.1, -0.05) is 29.8 Å². The van der Waals surface area contributed by atoms with Gasteiger partial charge in [0, 0.05) is 0 Å². The Morgan fingerprint density at radius 3 is 2.22 bits per heavy atom. The predicted molar refractivity (Wildman–Crippen MR) is 119 cm³/mol. The molecule has 0 unspecified atom stereocenters. The lowest BCUT2D eigenvalue weighted by Gasteiger charge is -2.24. The lowest BCUT2D eigenvalue weighted by molar-refractivity contribution is -0.114. The Hall–Kier alpha value is -3.72. The van der Waals surface area contributed by atoms with Gasteiger partial charge in [-0.15, -0.1) is 0 Å². The number of amides is 1. The number of ether oxygens (including phenoxy) is 1. The van der Waals surface area contributed by atoms with Crippen molar-refractivity contribution in [3.63, 3.8) is 0 Å². The van der Waals surface area contributed by atoms with E-state index in [1.165, 1.54) is 19.2 Å². The number of hydrogen-bond acceptors (Lipinski definition) is 5. The minimum atomic E-state index is -4.19. The van der Waals surface area contributed by atoms with Gasteiger partial charge in [0.1, 0.15) is 12.4 Å². The van der Waals surface area contributed by atoms with Crippen LogP contribution in [0.3, 0.4) is 0 Å². The molecule has 0 bridgehead atoms. The second-order valence-corrected chi connectivity index (χ2v) is 8.75. The SMILES string of the molecule is COC(=O)c1ccccc1NC(=O)CN(c1ccc(C)cc1)S(=O)(=O)c1ccc(F)cc1. The summed E-state index contributed by atoms with van der Waals surface area (Å²) in [7, 11) is -2.97. The van der Waals surface area contributed by atoms with Crippen molar-refractivity contribution in [1.29, 1.82) is 0 Å². The van der Waals surface area contributed by atoms with Crippen molar-refractivity contribution in [2.24, 2.45) is 0 Å². The third-order valence-corrected chi connectivity index (χ3v) is 6.41. The molecule has 0 fully saturated rings. The number of nitrogens with one attached hydrogen (secondary N) is 1. The monoisotopic (exact) mass is 456 g/mol. The smallest absolute Gasteiger partial charge is 0.339 e. The molecule has 0 aliphatic rings. The average molecular weight is 456 g/mol. The van der Waals surface area contributed by atoms with E-state index in [9.17, 15) is 22.4 Å². The Morgan fingerprint density at radius 2 is 1.59 bits per heavy atom. The third-order valence-electron chi connectivity index (χ3n) is 4.62. The van der Waals surface area contributed by atoms with Crippen molar-refractivity contribution >= 4 is 33.3 Å². The predicted octanol–water partition coefficient (Wildman–Crippen LogP) is 3.75. The molecule has 3 aromatic rings. The van der Waals surface area contributed by atoms with Crippen molar-refractivity contribution in [2.45, 2.75) is 11.8 Å². The van der Waals surface area contributed by atoms with E-state index >= 15 is 0 Å². The molecule has 0 atom stereocenters. The first-order valence-electron chi connectivity index (χ1n) is 9.54. The molecule has 0 radical (unpaired) electrons. The summed E-state index contributed by atoms with van der Waals surface area (Å²) in [5.41, 5.74) is 1.49. The Balaban J connectivity index is 1.95. The highest BCUT2D eigenvalue weighted by Gasteiger charge is 2.27. The number of hydrogen-bond donors (Lipinski definition) is 1. The Labute approximate surface area is 185 Å². The van der Waals surface area contributed by atoms with E-state index in [1.54, 1.807) is 36.4 Å². The van der Waals surface area contributed by atoms with Crippen LogP contribution >= 0.6 is 0 Å². The van der Waals surface area contributed by atoms with Crippen molar-refractivity contribution in [3.8, 4) is 0 Å². The van der Waals surface area contributed by atoms with E-state index in [0.717, 1.165) is 34.1 Å². The van der Waals surface area contributed by atoms with Crippen LogP contribution in [0.4, 0.5) is 15.8 Å². The lowest BCUT2D eigenvalue weighted by Crippen LogP contribution is -2.38. The van der Waals surface area contributed by atoms with Gasteiger partial charge in [0.05, 0.1) is 28.9 Å². The summed E-state index contributed by atoms with van der Waals surface area (Å²) >= 11 is 0. The van der Waals surface area contributed by atoms with E-state index in [2.05, 4.69) is 5.32 Å². The third kappa shape index (κ3) is 5.12. The van der Waals surface area contributed by atoms with Crippen molar-refractivity contribution in [2.75, 3.05) is 23.3 Å².